The maximum atomic E-state index is 5.23. The second kappa shape index (κ2) is 6.39. The SMILES string of the molecule is COc1ccc(C2CC(NC3CC(C)CC(C)C3)C2)cc1. The van der Waals surface area contributed by atoms with Gasteiger partial charge in [-0.15, -0.1) is 0 Å². The zero-order valence-electron chi connectivity index (χ0n) is 13.6. The molecule has 0 bridgehead atoms. The molecular weight excluding hydrogens is 258 g/mol. The Morgan fingerprint density at radius 1 is 0.857 bits per heavy atom. The molecule has 0 saturated heterocycles. The second-order valence-electron chi connectivity index (χ2n) is 7.42. The molecule has 0 amide bonds. The lowest BCUT2D eigenvalue weighted by Gasteiger charge is -2.41. The number of ether oxygens (including phenoxy) is 1. The molecule has 2 aliphatic carbocycles. The van der Waals surface area contributed by atoms with Crippen molar-refractivity contribution in [2.75, 3.05) is 7.11 Å². The highest BCUT2D eigenvalue weighted by Crippen LogP contribution is 2.39. The van der Waals surface area contributed by atoms with Crippen LogP contribution in [0, 0.1) is 11.8 Å². The minimum atomic E-state index is 0.736. The fourth-order valence-corrected chi connectivity index (χ4v) is 4.32. The number of nitrogens with one attached hydrogen (secondary N) is 1. The van der Waals surface area contributed by atoms with Crippen LogP contribution >= 0.6 is 0 Å². The molecule has 2 fully saturated rings. The quantitative estimate of drug-likeness (QED) is 0.888. The lowest BCUT2D eigenvalue weighted by atomic mass is 9.74. The first-order chi connectivity index (χ1) is 10.1. The molecule has 0 aliphatic heterocycles. The summed E-state index contributed by atoms with van der Waals surface area (Å²) in [4.78, 5) is 0. The van der Waals surface area contributed by atoms with Gasteiger partial charge in [-0.1, -0.05) is 26.0 Å². The summed E-state index contributed by atoms with van der Waals surface area (Å²) < 4.78 is 5.23. The van der Waals surface area contributed by atoms with Crippen LogP contribution < -0.4 is 10.1 Å². The number of hydrogen-bond acceptors (Lipinski definition) is 2. The van der Waals surface area contributed by atoms with Crippen LogP contribution in [0.2, 0.25) is 0 Å². The highest BCUT2D eigenvalue weighted by Gasteiger charge is 2.33. The summed E-state index contributed by atoms with van der Waals surface area (Å²) in [6.45, 7) is 4.82. The number of benzene rings is 1. The van der Waals surface area contributed by atoms with E-state index in [-0.39, 0.29) is 0 Å². The Morgan fingerprint density at radius 3 is 2.00 bits per heavy atom. The summed E-state index contributed by atoms with van der Waals surface area (Å²) in [5, 5.41) is 3.91. The van der Waals surface area contributed by atoms with Crippen molar-refractivity contribution in [3.05, 3.63) is 29.8 Å². The molecular formula is C19H29NO. The zero-order valence-corrected chi connectivity index (χ0v) is 13.6. The van der Waals surface area contributed by atoms with Crippen LogP contribution in [0.4, 0.5) is 0 Å². The Labute approximate surface area is 129 Å². The standard InChI is InChI=1S/C19H29NO/c1-13-8-14(2)10-17(9-13)20-18-11-16(12-18)15-4-6-19(21-3)7-5-15/h4-7,13-14,16-18,20H,8-12H2,1-3H3. The number of rotatable bonds is 4. The van der Waals surface area contributed by atoms with Crippen molar-refractivity contribution in [3.8, 4) is 5.75 Å². The Morgan fingerprint density at radius 2 is 1.43 bits per heavy atom. The van der Waals surface area contributed by atoms with E-state index in [2.05, 4.69) is 43.4 Å². The van der Waals surface area contributed by atoms with Crippen LogP contribution in [0.5, 0.6) is 5.75 Å². The van der Waals surface area contributed by atoms with E-state index < -0.39 is 0 Å². The van der Waals surface area contributed by atoms with Gasteiger partial charge in [-0.2, -0.15) is 0 Å². The topological polar surface area (TPSA) is 21.3 Å². The van der Waals surface area contributed by atoms with Gasteiger partial charge in [-0.3, -0.25) is 0 Å². The Hall–Kier alpha value is -1.02. The number of hydrogen-bond donors (Lipinski definition) is 1. The van der Waals surface area contributed by atoms with Crippen LogP contribution in [0.3, 0.4) is 0 Å². The molecule has 1 aromatic rings. The maximum absolute atomic E-state index is 5.23. The van der Waals surface area contributed by atoms with Gasteiger partial charge in [0.05, 0.1) is 7.11 Å². The van der Waals surface area contributed by atoms with Crippen molar-refractivity contribution >= 4 is 0 Å². The molecule has 0 heterocycles. The van der Waals surface area contributed by atoms with Crippen molar-refractivity contribution in [3.63, 3.8) is 0 Å². The Bertz CT molecular complexity index is 439. The Balaban J connectivity index is 1.47. The van der Waals surface area contributed by atoms with Gasteiger partial charge in [0.1, 0.15) is 5.75 Å². The smallest absolute Gasteiger partial charge is 0.118 e. The average Bonchev–Trinajstić information content (AvgIpc) is 2.41. The largest absolute Gasteiger partial charge is 0.497 e. The zero-order chi connectivity index (χ0) is 14.8. The minimum Gasteiger partial charge on any atom is -0.497 e. The fourth-order valence-electron chi connectivity index (χ4n) is 4.32. The molecule has 21 heavy (non-hydrogen) atoms. The predicted molar refractivity (Wildman–Crippen MR) is 87.9 cm³/mol. The van der Waals surface area contributed by atoms with E-state index in [4.69, 9.17) is 4.74 Å². The van der Waals surface area contributed by atoms with E-state index in [1.807, 2.05) is 0 Å². The molecule has 0 aromatic heterocycles. The molecule has 2 aliphatic rings. The van der Waals surface area contributed by atoms with E-state index in [0.29, 0.717) is 0 Å². The summed E-state index contributed by atoms with van der Waals surface area (Å²) in [6, 6.07) is 10.1. The van der Waals surface area contributed by atoms with E-state index in [1.165, 1.54) is 37.7 Å². The first-order valence-corrected chi connectivity index (χ1v) is 8.54. The maximum Gasteiger partial charge on any atom is 0.118 e. The lowest BCUT2D eigenvalue weighted by molar-refractivity contribution is 0.188. The Kier molecular flexibility index (Phi) is 4.54. The lowest BCUT2D eigenvalue weighted by Crippen LogP contribution is -2.47. The highest BCUT2D eigenvalue weighted by atomic mass is 16.5. The van der Waals surface area contributed by atoms with Crippen molar-refractivity contribution in [1.82, 2.24) is 5.32 Å². The predicted octanol–water partition coefficient (Wildman–Crippen LogP) is 4.36. The van der Waals surface area contributed by atoms with E-state index in [1.54, 1.807) is 7.11 Å². The normalized spacial score (nSPS) is 36.0. The highest BCUT2D eigenvalue weighted by molar-refractivity contribution is 5.30. The van der Waals surface area contributed by atoms with Gasteiger partial charge in [0.15, 0.2) is 0 Å². The van der Waals surface area contributed by atoms with Crippen LogP contribution in [-0.2, 0) is 0 Å². The fraction of sp³-hybridized carbons (Fsp3) is 0.684. The first-order valence-electron chi connectivity index (χ1n) is 8.54. The van der Waals surface area contributed by atoms with Crippen LogP contribution in [0.15, 0.2) is 24.3 Å². The molecule has 2 nitrogen and oxygen atoms in total. The van der Waals surface area contributed by atoms with Crippen molar-refractivity contribution in [2.24, 2.45) is 11.8 Å². The molecule has 116 valence electrons. The van der Waals surface area contributed by atoms with Gasteiger partial charge < -0.3 is 10.1 Å². The van der Waals surface area contributed by atoms with Gasteiger partial charge in [-0.05, 0) is 67.6 Å². The molecule has 0 radical (unpaired) electrons. The average molecular weight is 287 g/mol. The van der Waals surface area contributed by atoms with Crippen molar-refractivity contribution in [2.45, 2.75) is 64.0 Å². The molecule has 0 spiro atoms. The first kappa shape index (κ1) is 14.9. The van der Waals surface area contributed by atoms with Gasteiger partial charge in [0.25, 0.3) is 0 Å². The molecule has 3 rings (SSSR count). The van der Waals surface area contributed by atoms with E-state index in [0.717, 1.165) is 35.6 Å². The summed E-state index contributed by atoms with van der Waals surface area (Å²) in [6.07, 6.45) is 6.75. The van der Waals surface area contributed by atoms with Crippen LogP contribution in [0.25, 0.3) is 0 Å². The number of methoxy groups -OCH3 is 1. The van der Waals surface area contributed by atoms with Crippen LogP contribution in [0.1, 0.15) is 57.4 Å². The van der Waals surface area contributed by atoms with Crippen molar-refractivity contribution in [1.29, 1.82) is 0 Å². The monoisotopic (exact) mass is 287 g/mol. The summed E-state index contributed by atoms with van der Waals surface area (Å²) in [7, 11) is 1.73. The van der Waals surface area contributed by atoms with Crippen LogP contribution in [-0.4, -0.2) is 19.2 Å². The molecule has 1 aromatic carbocycles. The molecule has 1 N–H and O–H groups in total. The van der Waals surface area contributed by atoms with Gasteiger partial charge in [-0.25, -0.2) is 0 Å². The second-order valence-corrected chi connectivity index (χ2v) is 7.42. The van der Waals surface area contributed by atoms with E-state index in [9.17, 15) is 0 Å². The third-order valence-electron chi connectivity index (χ3n) is 5.38. The summed E-state index contributed by atoms with van der Waals surface area (Å²) in [5.74, 6) is 3.48. The molecule has 2 saturated carbocycles. The molecule has 2 unspecified atom stereocenters. The third kappa shape index (κ3) is 3.60. The third-order valence-corrected chi connectivity index (χ3v) is 5.38. The van der Waals surface area contributed by atoms with Gasteiger partial charge in [0.2, 0.25) is 0 Å². The van der Waals surface area contributed by atoms with Gasteiger partial charge in [0, 0.05) is 12.1 Å². The van der Waals surface area contributed by atoms with E-state index >= 15 is 0 Å². The molecule has 2 atom stereocenters. The molecule has 2 heteroatoms. The minimum absolute atomic E-state index is 0.736. The van der Waals surface area contributed by atoms with Crippen molar-refractivity contribution < 1.29 is 4.74 Å². The van der Waals surface area contributed by atoms with Gasteiger partial charge >= 0.3 is 0 Å². The summed E-state index contributed by atoms with van der Waals surface area (Å²) >= 11 is 0. The summed E-state index contributed by atoms with van der Waals surface area (Å²) in [5.41, 5.74) is 1.47.